The minimum atomic E-state index is -1.94. The first-order valence-electron chi connectivity index (χ1n) is 12.7. The second-order valence-corrected chi connectivity index (χ2v) is 10.8. The van der Waals surface area contributed by atoms with Gasteiger partial charge in [0.15, 0.2) is 16.7 Å². The average molecular weight is 534 g/mol. The van der Waals surface area contributed by atoms with Crippen molar-refractivity contribution in [1.29, 1.82) is 0 Å². The van der Waals surface area contributed by atoms with Gasteiger partial charge in [-0.25, -0.2) is 8.60 Å². The fraction of sp³-hybridized carbons (Fsp3) is 0.276. The fourth-order valence-corrected chi connectivity index (χ4v) is 6.17. The number of fused-ring (bicyclic) bond motifs is 1. The number of nitrogens with one attached hydrogen (secondary N) is 1. The van der Waals surface area contributed by atoms with Crippen LogP contribution in [0.3, 0.4) is 0 Å². The summed E-state index contributed by atoms with van der Waals surface area (Å²) < 4.78 is 41.7. The fourth-order valence-electron chi connectivity index (χ4n) is 5.23. The number of carbonyl (C=O) groups excluding carboxylic acids is 1. The molecule has 3 heterocycles. The minimum absolute atomic E-state index is 0.105. The molecule has 2 atom stereocenters. The van der Waals surface area contributed by atoms with Crippen LogP contribution in [-0.2, 0) is 11.0 Å². The predicted octanol–water partition coefficient (Wildman–Crippen LogP) is 5.58. The molecule has 3 aromatic carbocycles. The van der Waals surface area contributed by atoms with E-state index in [1.165, 1.54) is 24.8 Å². The third-order valence-corrected chi connectivity index (χ3v) is 8.41. The van der Waals surface area contributed by atoms with E-state index in [0.717, 1.165) is 50.3 Å². The van der Waals surface area contributed by atoms with Gasteiger partial charge in [-0.2, -0.15) is 0 Å². The van der Waals surface area contributed by atoms with Gasteiger partial charge in [0, 0.05) is 43.1 Å². The Morgan fingerprint density at radius 2 is 1.84 bits per heavy atom. The Hall–Kier alpha value is -3.85. The summed E-state index contributed by atoms with van der Waals surface area (Å²) in [4.78, 5) is 17.7. The van der Waals surface area contributed by atoms with Crippen molar-refractivity contribution in [3.63, 3.8) is 0 Å². The molecule has 9 heteroatoms. The number of anilines is 2. The molecule has 2 aliphatic rings. The maximum absolute atomic E-state index is 14.7. The maximum atomic E-state index is 14.7. The van der Waals surface area contributed by atoms with Gasteiger partial charge in [-0.05, 0) is 49.1 Å². The molecule has 4 aromatic rings. The quantitative estimate of drug-likeness (QED) is 0.334. The number of methoxy groups -OCH3 is 1. The molecule has 1 N–H and O–H groups in total. The number of rotatable bonds is 7. The highest BCUT2D eigenvalue weighted by atomic mass is 32.2. The molecule has 6 rings (SSSR count). The molecule has 1 aromatic heterocycles. The van der Waals surface area contributed by atoms with Crippen LogP contribution in [0.15, 0.2) is 76.0 Å². The van der Waals surface area contributed by atoms with E-state index in [1.807, 2.05) is 29.2 Å². The molecule has 7 nitrogen and oxygen atoms in total. The van der Waals surface area contributed by atoms with Gasteiger partial charge < -0.3 is 19.0 Å². The maximum Gasteiger partial charge on any atom is 0.298 e. The Bertz CT molecular complexity index is 1520. The highest BCUT2D eigenvalue weighted by molar-refractivity contribution is 7.83. The van der Waals surface area contributed by atoms with Crippen molar-refractivity contribution in [1.82, 2.24) is 4.72 Å². The van der Waals surface area contributed by atoms with Crippen molar-refractivity contribution in [3.8, 4) is 5.75 Å². The number of amides is 1. The summed E-state index contributed by atoms with van der Waals surface area (Å²) in [5.41, 5.74) is 3.14. The van der Waals surface area contributed by atoms with Gasteiger partial charge in [0.25, 0.3) is 5.91 Å². The number of hydrogen-bond donors (Lipinski definition) is 1. The third-order valence-electron chi connectivity index (χ3n) is 7.32. The van der Waals surface area contributed by atoms with Crippen molar-refractivity contribution >= 4 is 39.2 Å². The monoisotopic (exact) mass is 533 g/mol. The predicted molar refractivity (Wildman–Crippen MR) is 146 cm³/mol. The van der Waals surface area contributed by atoms with Gasteiger partial charge in [0.05, 0.1) is 18.5 Å². The van der Waals surface area contributed by atoms with E-state index in [2.05, 4.69) is 21.8 Å². The van der Waals surface area contributed by atoms with Crippen LogP contribution in [0, 0.1) is 5.82 Å². The lowest BCUT2D eigenvalue weighted by molar-refractivity contribution is 0.0958. The molecule has 38 heavy (non-hydrogen) atoms. The average Bonchev–Trinajstić information content (AvgIpc) is 3.56. The molecule has 0 aliphatic carbocycles. The lowest BCUT2D eigenvalue weighted by atomic mass is 10.0. The smallest absolute Gasteiger partial charge is 0.298 e. The Morgan fingerprint density at radius 1 is 1.03 bits per heavy atom. The van der Waals surface area contributed by atoms with Gasteiger partial charge in [0.2, 0.25) is 0 Å². The largest absolute Gasteiger partial charge is 0.495 e. The SMILES string of the molecule is COc1ccc(N2CCCC2c2ccccc2)cc1S(=O)NC(=O)c1cc2c(F)cc(N3CCC3)cc2o1. The number of carbonyl (C=O) groups is 1. The van der Waals surface area contributed by atoms with Crippen molar-refractivity contribution in [3.05, 3.63) is 83.9 Å². The summed E-state index contributed by atoms with van der Waals surface area (Å²) in [5, 5.41) is 0.214. The molecule has 0 spiro atoms. The number of benzene rings is 3. The third kappa shape index (κ3) is 4.51. The second kappa shape index (κ2) is 10.1. The highest BCUT2D eigenvalue weighted by Gasteiger charge is 2.28. The molecule has 0 saturated carbocycles. The van der Waals surface area contributed by atoms with E-state index in [4.69, 9.17) is 9.15 Å². The van der Waals surface area contributed by atoms with Crippen LogP contribution in [0.4, 0.5) is 15.8 Å². The Labute approximate surface area is 222 Å². The van der Waals surface area contributed by atoms with E-state index in [9.17, 15) is 13.4 Å². The van der Waals surface area contributed by atoms with E-state index >= 15 is 0 Å². The molecule has 0 bridgehead atoms. The van der Waals surface area contributed by atoms with Crippen molar-refractivity contribution in [2.75, 3.05) is 36.5 Å². The summed E-state index contributed by atoms with van der Waals surface area (Å²) >= 11 is 0. The molecule has 0 radical (unpaired) electrons. The van der Waals surface area contributed by atoms with E-state index in [1.54, 1.807) is 18.2 Å². The lowest BCUT2D eigenvalue weighted by Gasteiger charge is -2.33. The topological polar surface area (TPSA) is 75.0 Å². The lowest BCUT2D eigenvalue weighted by Crippen LogP contribution is -2.36. The van der Waals surface area contributed by atoms with Crippen LogP contribution in [0.2, 0.25) is 0 Å². The summed E-state index contributed by atoms with van der Waals surface area (Å²) in [5.74, 6) is -0.856. The summed E-state index contributed by atoms with van der Waals surface area (Å²) in [7, 11) is -0.438. The van der Waals surface area contributed by atoms with Crippen LogP contribution >= 0.6 is 0 Å². The molecular weight excluding hydrogens is 505 g/mol. The standard InChI is InChI=1S/C29H28FN3O4S/c1-36-25-11-10-20(33-14-5-9-24(33)19-7-3-2-4-8-19)17-28(25)38(35)31-29(34)27-18-22-23(30)15-21(16-26(22)37-27)32-12-6-13-32/h2-4,7-8,10-11,15-18,24H,5-6,9,12-14H2,1H3,(H,31,34). The molecule has 2 aliphatic heterocycles. The Kier molecular flexibility index (Phi) is 6.53. The van der Waals surface area contributed by atoms with Crippen molar-refractivity contribution < 1.29 is 22.5 Å². The normalized spacial score (nSPS) is 17.9. The zero-order valence-corrected chi connectivity index (χ0v) is 21.8. The zero-order valence-electron chi connectivity index (χ0n) is 21.0. The first-order chi connectivity index (χ1) is 18.5. The van der Waals surface area contributed by atoms with Crippen LogP contribution in [0.5, 0.6) is 5.75 Å². The number of nitrogens with zero attached hydrogens (tertiary/aromatic N) is 2. The van der Waals surface area contributed by atoms with E-state index in [0.29, 0.717) is 10.6 Å². The van der Waals surface area contributed by atoms with Crippen LogP contribution < -0.4 is 19.3 Å². The Balaban J connectivity index is 1.24. The van der Waals surface area contributed by atoms with Gasteiger partial charge in [-0.1, -0.05) is 30.3 Å². The van der Waals surface area contributed by atoms with E-state index in [-0.39, 0.29) is 22.8 Å². The van der Waals surface area contributed by atoms with Crippen LogP contribution in [0.1, 0.15) is 41.4 Å². The first kappa shape index (κ1) is 24.5. The van der Waals surface area contributed by atoms with Crippen LogP contribution in [-0.4, -0.2) is 36.9 Å². The highest BCUT2D eigenvalue weighted by Crippen LogP contribution is 2.38. The Morgan fingerprint density at radius 3 is 2.58 bits per heavy atom. The molecule has 2 unspecified atom stereocenters. The summed E-state index contributed by atoms with van der Waals surface area (Å²) in [6, 6.07) is 20.6. The van der Waals surface area contributed by atoms with Gasteiger partial charge in [0.1, 0.15) is 22.0 Å². The van der Waals surface area contributed by atoms with Gasteiger partial charge >= 0.3 is 0 Å². The zero-order chi connectivity index (χ0) is 26.2. The minimum Gasteiger partial charge on any atom is -0.495 e. The molecule has 196 valence electrons. The number of hydrogen-bond acceptors (Lipinski definition) is 6. The van der Waals surface area contributed by atoms with E-state index < -0.39 is 22.7 Å². The number of ether oxygens (including phenoxy) is 1. The number of furan rings is 1. The summed E-state index contributed by atoms with van der Waals surface area (Å²) in [6.07, 6.45) is 3.13. The van der Waals surface area contributed by atoms with Crippen molar-refractivity contribution in [2.24, 2.45) is 0 Å². The number of halogens is 1. The first-order valence-corrected chi connectivity index (χ1v) is 13.9. The molecule has 2 fully saturated rings. The second-order valence-electron chi connectivity index (χ2n) is 9.59. The molecule has 1 amide bonds. The molecular formula is C29H28FN3O4S. The van der Waals surface area contributed by atoms with Gasteiger partial charge in [-0.3, -0.25) is 9.52 Å². The summed E-state index contributed by atoms with van der Waals surface area (Å²) in [6.45, 7) is 2.60. The molecule has 2 saturated heterocycles. The van der Waals surface area contributed by atoms with Crippen LogP contribution in [0.25, 0.3) is 11.0 Å². The van der Waals surface area contributed by atoms with Crippen molar-refractivity contribution in [2.45, 2.75) is 30.2 Å². The van der Waals surface area contributed by atoms with Gasteiger partial charge in [-0.15, -0.1) is 0 Å².